The topological polar surface area (TPSA) is 86.2 Å². The summed E-state index contributed by atoms with van der Waals surface area (Å²) < 4.78 is 28.1. The third-order valence-electron chi connectivity index (χ3n) is 6.11. The van der Waals surface area contributed by atoms with Crippen LogP contribution in [0.3, 0.4) is 0 Å². The number of nitrogens with zero attached hydrogens (tertiary/aromatic N) is 3. The van der Waals surface area contributed by atoms with Crippen molar-refractivity contribution in [1.29, 1.82) is 0 Å². The molecule has 212 valence electrons. The zero-order chi connectivity index (χ0) is 29.8. The minimum Gasteiger partial charge on any atom is -0.299 e. The van der Waals surface area contributed by atoms with E-state index in [-0.39, 0.29) is 18.1 Å². The van der Waals surface area contributed by atoms with Gasteiger partial charge in [0, 0.05) is 12.7 Å². The van der Waals surface area contributed by atoms with E-state index in [0.29, 0.717) is 29.8 Å². The molecule has 0 aromatic heterocycles. The first-order valence-electron chi connectivity index (χ1n) is 13.0. The van der Waals surface area contributed by atoms with Crippen LogP contribution in [-0.2, 0) is 11.3 Å². The minimum absolute atomic E-state index is 0.0818. The van der Waals surface area contributed by atoms with Crippen LogP contribution >= 0.6 is 0 Å². The third kappa shape index (κ3) is 8.30. The van der Waals surface area contributed by atoms with E-state index in [1.165, 1.54) is 17.9 Å². The number of carbonyl (C=O) groups is 2. The summed E-state index contributed by atoms with van der Waals surface area (Å²) in [7, 11) is 1.71. The Hall–Kier alpha value is -4.40. The first-order valence-corrected chi connectivity index (χ1v) is 13.0. The number of amides is 3. The lowest BCUT2D eigenvalue weighted by Crippen LogP contribution is -2.47. The monoisotopic (exact) mass is 549 g/mol. The van der Waals surface area contributed by atoms with Gasteiger partial charge in [0.05, 0.1) is 18.0 Å². The molecule has 7 nitrogen and oxygen atoms in total. The molecule has 0 atom stereocenters. The summed E-state index contributed by atoms with van der Waals surface area (Å²) in [4.78, 5) is 35.4. The molecule has 40 heavy (non-hydrogen) atoms. The maximum absolute atomic E-state index is 14.2. The highest BCUT2D eigenvalue weighted by atomic mass is 19.2. The standard InChI is InChI=1S/C31H37F2N5O2/c1-8-12-24-17-27(34-7)23(10-3)16-28(24)36-30(35-19-39)37-31(40)38(25(11-4)13-20(5)9-2)18-22-14-21(6)29(33)26(32)15-22/h9-11,13-17,19H,2,8,12,18H2,1,3-7H3,(H2,35,36,37,39,40)/b20-13-,23-10-,25-11+,34-27?. The molecule has 2 N–H and O–H groups in total. The van der Waals surface area contributed by atoms with E-state index >= 15 is 0 Å². The lowest BCUT2D eigenvalue weighted by molar-refractivity contribution is -0.108. The third-order valence-corrected chi connectivity index (χ3v) is 6.11. The molecular weight excluding hydrogens is 512 g/mol. The van der Waals surface area contributed by atoms with Gasteiger partial charge in [0.15, 0.2) is 11.6 Å². The molecule has 0 unspecified atom stereocenters. The fraction of sp³-hybridized carbons (Fsp3) is 0.290. The number of guanidine groups is 1. The van der Waals surface area contributed by atoms with Crippen molar-refractivity contribution < 1.29 is 18.4 Å². The second-order valence-electron chi connectivity index (χ2n) is 9.06. The van der Waals surface area contributed by atoms with E-state index in [1.54, 1.807) is 32.2 Å². The van der Waals surface area contributed by atoms with E-state index in [1.807, 2.05) is 39.0 Å². The summed E-state index contributed by atoms with van der Waals surface area (Å²) >= 11 is 0. The maximum atomic E-state index is 14.2. The number of carbonyl (C=O) groups excluding carboxylic acids is 2. The van der Waals surface area contributed by atoms with Crippen LogP contribution in [0, 0.1) is 18.6 Å². The Labute approximate surface area is 235 Å². The molecule has 2 rings (SSSR count). The number of hydrogen-bond acceptors (Lipinski definition) is 4. The molecular formula is C31H37F2N5O2. The normalized spacial score (nSPS) is 16.4. The lowest BCUT2D eigenvalue weighted by Gasteiger charge is -2.25. The van der Waals surface area contributed by atoms with Crippen LogP contribution in [0.15, 0.2) is 93.3 Å². The Morgan fingerprint density at radius 2 is 1.93 bits per heavy atom. The van der Waals surface area contributed by atoms with Gasteiger partial charge in [0.1, 0.15) is 0 Å². The van der Waals surface area contributed by atoms with Crippen molar-refractivity contribution >= 4 is 24.1 Å². The minimum atomic E-state index is -1.01. The van der Waals surface area contributed by atoms with Crippen molar-refractivity contribution in [2.75, 3.05) is 7.05 Å². The lowest BCUT2D eigenvalue weighted by atomic mass is 9.94. The Morgan fingerprint density at radius 3 is 2.48 bits per heavy atom. The van der Waals surface area contributed by atoms with Gasteiger partial charge in [0.25, 0.3) is 0 Å². The van der Waals surface area contributed by atoms with Crippen LogP contribution in [0.25, 0.3) is 0 Å². The molecule has 1 aliphatic carbocycles. The Morgan fingerprint density at radius 1 is 1.20 bits per heavy atom. The summed E-state index contributed by atoms with van der Waals surface area (Å²) in [5.41, 5.74) is 4.90. The zero-order valence-electron chi connectivity index (χ0n) is 23.9. The molecule has 9 heteroatoms. The molecule has 0 radical (unpaired) electrons. The number of urea groups is 1. The zero-order valence-corrected chi connectivity index (χ0v) is 23.9. The van der Waals surface area contributed by atoms with Gasteiger partial charge in [-0.05, 0) is 86.3 Å². The van der Waals surface area contributed by atoms with Crippen LogP contribution < -0.4 is 10.6 Å². The average molecular weight is 550 g/mol. The Balaban J connectivity index is 2.55. The molecule has 1 aromatic carbocycles. The number of rotatable bonds is 9. The van der Waals surface area contributed by atoms with E-state index in [0.717, 1.165) is 34.9 Å². The summed E-state index contributed by atoms with van der Waals surface area (Å²) in [5.74, 6) is -2.03. The number of aryl methyl sites for hydroxylation is 1. The smallest absolute Gasteiger partial charge is 0.299 e. The molecule has 0 aliphatic heterocycles. The van der Waals surface area contributed by atoms with Crippen molar-refractivity contribution in [3.05, 3.63) is 106 Å². The van der Waals surface area contributed by atoms with Gasteiger partial charge in [-0.1, -0.05) is 44.2 Å². The molecule has 0 spiro atoms. The summed E-state index contributed by atoms with van der Waals surface area (Å²) in [5, 5.41) is 5.13. The van der Waals surface area contributed by atoms with Crippen LogP contribution in [0.2, 0.25) is 0 Å². The van der Waals surface area contributed by atoms with Crippen LogP contribution in [-0.4, -0.2) is 36.1 Å². The van der Waals surface area contributed by atoms with Gasteiger partial charge in [-0.15, -0.1) is 0 Å². The molecule has 0 bridgehead atoms. The Kier molecular flexibility index (Phi) is 12.1. The van der Waals surface area contributed by atoms with E-state index in [4.69, 9.17) is 0 Å². The predicted molar refractivity (Wildman–Crippen MR) is 158 cm³/mol. The van der Waals surface area contributed by atoms with Gasteiger partial charge in [0.2, 0.25) is 12.4 Å². The van der Waals surface area contributed by atoms with Crippen LogP contribution in [0.5, 0.6) is 0 Å². The van der Waals surface area contributed by atoms with Crippen LogP contribution in [0.1, 0.15) is 51.7 Å². The number of halogens is 2. The van der Waals surface area contributed by atoms with Crippen molar-refractivity contribution in [3.63, 3.8) is 0 Å². The molecule has 1 aliphatic rings. The van der Waals surface area contributed by atoms with Gasteiger partial charge in [-0.25, -0.2) is 18.6 Å². The highest BCUT2D eigenvalue weighted by Crippen LogP contribution is 2.26. The van der Waals surface area contributed by atoms with Gasteiger partial charge < -0.3 is 0 Å². The number of nitrogens with one attached hydrogen (secondary N) is 2. The highest BCUT2D eigenvalue weighted by molar-refractivity contribution is 6.12. The van der Waals surface area contributed by atoms with Gasteiger partial charge >= 0.3 is 6.03 Å². The SMILES string of the molecule is C=C/C(C)=C\C(=C/C)N(Cc1cc(C)c(F)c(F)c1)C(=O)NC(=NC1=C/C(=C/C)C(=NC)C=C1CCC)NC=O. The Bertz CT molecular complexity index is 1340. The van der Waals surface area contributed by atoms with Crippen molar-refractivity contribution in [2.24, 2.45) is 9.98 Å². The highest BCUT2D eigenvalue weighted by Gasteiger charge is 2.22. The largest absolute Gasteiger partial charge is 0.328 e. The molecule has 0 saturated heterocycles. The fourth-order valence-electron chi connectivity index (χ4n) is 4.04. The second-order valence-corrected chi connectivity index (χ2v) is 9.06. The fourth-order valence-corrected chi connectivity index (χ4v) is 4.04. The summed E-state index contributed by atoms with van der Waals surface area (Å²) in [6.07, 6.45) is 12.7. The van der Waals surface area contributed by atoms with Crippen molar-refractivity contribution in [1.82, 2.24) is 15.5 Å². The first-order chi connectivity index (χ1) is 19.1. The number of aliphatic imine (C=N–C) groups is 2. The predicted octanol–water partition coefficient (Wildman–Crippen LogP) is 6.56. The van der Waals surface area contributed by atoms with Gasteiger partial charge in [-0.2, -0.15) is 0 Å². The van der Waals surface area contributed by atoms with Gasteiger partial charge in [-0.3, -0.25) is 25.3 Å². The van der Waals surface area contributed by atoms with Crippen LogP contribution in [0.4, 0.5) is 13.6 Å². The number of benzene rings is 1. The number of hydrogen-bond donors (Lipinski definition) is 2. The summed E-state index contributed by atoms with van der Waals surface area (Å²) in [6.45, 7) is 12.6. The molecule has 0 heterocycles. The first kappa shape index (κ1) is 31.8. The molecule has 1 aromatic rings. The van der Waals surface area contributed by atoms with Crippen molar-refractivity contribution in [3.8, 4) is 0 Å². The average Bonchev–Trinajstić information content (AvgIpc) is 2.93. The second kappa shape index (κ2) is 15.3. The maximum Gasteiger partial charge on any atom is 0.328 e. The molecule has 0 saturated carbocycles. The summed E-state index contributed by atoms with van der Waals surface area (Å²) in [6, 6.07) is 1.89. The molecule has 3 amide bonds. The van der Waals surface area contributed by atoms with Crippen molar-refractivity contribution in [2.45, 2.75) is 54.0 Å². The van der Waals surface area contributed by atoms with E-state index in [9.17, 15) is 18.4 Å². The van der Waals surface area contributed by atoms with E-state index < -0.39 is 17.7 Å². The molecule has 0 fully saturated rings. The van der Waals surface area contributed by atoms with E-state index in [2.05, 4.69) is 27.2 Å². The quantitative estimate of drug-likeness (QED) is 0.158. The number of allylic oxidation sites excluding steroid dienone is 9.